The van der Waals surface area contributed by atoms with Gasteiger partial charge in [-0.15, -0.1) is 0 Å². The van der Waals surface area contributed by atoms with Crippen molar-refractivity contribution in [3.63, 3.8) is 0 Å². The largest absolute Gasteiger partial charge is 0.466 e. The van der Waals surface area contributed by atoms with Crippen molar-refractivity contribution in [3.05, 3.63) is 25.3 Å². The first-order valence-corrected chi connectivity index (χ1v) is 11.6. The van der Waals surface area contributed by atoms with Gasteiger partial charge >= 0.3 is 142 Å². The van der Waals surface area contributed by atoms with Gasteiger partial charge in [-0.05, 0) is 0 Å². The third kappa shape index (κ3) is 19.8. The molecule has 0 saturated heterocycles. The third-order valence-electron chi connectivity index (χ3n) is 2.65. The van der Waals surface area contributed by atoms with Crippen LogP contribution in [0.25, 0.3) is 0 Å². The number of carbonyl (C=O) groups is 2. The van der Waals surface area contributed by atoms with Crippen molar-refractivity contribution < 1.29 is 38.3 Å². The topological polar surface area (TPSA) is 130 Å². The molecule has 0 aromatic rings. The smallest absolute Gasteiger partial charge is 0.303 e. The maximum Gasteiger partial charge on any atom is 0.466 e. The van der Waals surface area contributed by atoms with E-state index in [-0.39, 0.29) is 4.40 Å². The van der Waals surface area contributed by atoms with Crippen LogP contribution < -0.4 is 0 Å². The zero-order chi connectivity index (χ0) is 19.2. The van der Waals surface area contributed by atoms with Crippen LogP contribution in [0.2, 0.25) is 0 Å². The van der Waals surface area contributed by atoms with Gasteiger partial charge in [0.05, 0.1) is 0 Å². The van der Waals surface area contributed by atoms with Crippen LogP contribution in [0.5, 0.6) is 0 Å². The molecule has 0 aliphatic rings. The summed E-state index contributed by atoms with van der Waals surface area (Å²) in [7, 11) is -4.64. The Labute approximate surface area is 160 Å². The van der Waals surface area contributed by atoms with Crippen molar-refractivity contribution in [2.24, 2.45) is 0 Å². The average molecular weight is 392 g/mol. The van der Waals surface area contributed by atoms with E-state index in [1.807, 2.05) is 13.8 Å². The molecule has 0 spiro atoms. The third-order valence-corrected chi connectivity index (χ3v) is 6.08. The van der Waals surface area contributed by atoms with Crippen LogP contribution in [0.4, 0.5) is 0 Å². The SMILES string of the molecule is C=CC(=O)O[CH](CCC)[Ca][CH](CCC)OC(=O)C=C.O=P(O)(O)O. The van der Waals surface area contributed by atoms with Crippen LogP contribution >= 0.6 is 7.82 Å². The van der Waals surface area contributed by atoms with Crippen LogP contribution in [0, 0.1) is 0 Å². The van der Waals surface area contributed by atoms with Crippen molar-refractivity contribution in [1.29, 1.82) is 0 Å². The average Bonchev–Trinajstić information content (AvgIpc) is 2.45. The molecule has 0 heterocycles. The Morgan fingerprint density at radius 3 is 1.50 bits per heavy atom. The Kier molecular flexibility index (Phi) is 16.3. The minimum atomic E-state index is -4.64. The molecule has 0 saturated carbocycles. The van der Waals surface area contributed by atoms with Gasteiger partial charge < -0.3 is 14.7 Å². The van der Waals surface area contributed by atoms with Gasteiger partial charge in [-0.1, -0.05) is 0 Å². The minimum absolute atomic E-state index is 0.0582. The van der Waals surface area contributed by atoms with Crippen LogP contribution in [-0.4, -0.2) is 64.9 Å². The van der Waals surface area contributed by atoms with Crippen molar-refractivity contribution in [2.75, 3.05) is 0 Å². The zero-order valence-electron chi connectivity index (χ0n) is 14.1. The van der Waals surface area contributed by atoms with Gasteiger partial charge in [0, 0.05) is 0 Å². The van der Waals surface area contributed by atoms with Crippen LogP contribution in [0.3, 0.4) is 0 Å². The number of phosphoric acid groups is 1. The number of hydrogen-bond donors (Lipinski definition) is 3. The Balaban J connectivity index is 0. The summed E-state index contributed by atoms with van der Waals surface area (Å²) in [5.74, 6) is -0.788. The van der Waals surface area contributed by atoms with Gasteiger partial charge in [-0.3, -0.25) is 0 Å². The normalized spacial score (nSPS) is 12.5. The maximum absolute atomic E-state index is 11.3. The van der Waals surface area contributed by atoms with Crippen molar-refractivity contribution in [2.45, 2.75) is 43.9 Å². The molecule has 0 aliphatic carbocycles. The summed E-state index contributed by atoms with van der Waals surface area (Å²) in [4.78, 5) is 44.1. The van der Waals surface area contributed by atoms with Gasteiger partial charge in [0.25, 0.3) is 0 Å². The van der Waals surface area contributed by atoms with E-state index in [4.69, 9.17) is 28.7 Å². The fourth-order valence-corrected chi connectivity index (χ4v) is 5.55. The van der Waals surface area contributed by atoms with Gasteiger partial charge in [-0.25, -0.2) is 4.57 Å². The molecule has 0 amide bonds. The minimum Gasteiger partial charge on any atom is -0.303 e. The quantitative estimate of drug-likeness (QED) is 0.221. The summed E-state index contributed by atoms with van der Waals surface area (Å²) in [6.45, 7) is 10.9. The van der Waals surface area contributed by atoms with Crippen molar-refractivity contribution in [1.82, 2.24) is 0 Å². The van der Waals surface area contributed by atoms with Crippen molar-refractivity contribution >= 4 is 53.6 Å². The maximum atomic E-state index is 11.3. The molecule has 24 heavy (non-hydrogen) atoms. The number of rotatable bonds is 10. The summed E-state index contributed by atoms with van der Waals surface area (Å²) in [5, 5.41) is 0. The van der Waals surface area contributed by atoms with E-state index in [0.29, 0.717) is 0 Å². The second-order valence-electron chi connectivity index (χ2n) is 4.85. The molecule has 2 atom stereocenters. The molecule has 0 aliphatic heterocycles. The predicted molar refractivity (Wildman–Crippen MR) is 90.0 cm³/mol. The number of esters is 2. The van der Waals surface area contributed by atoms with Gasteiger partial charge in [0.15, 0.2) is 0 Å². The predicted octanol–water partition coefficient (Wildman–Crippen LogP) is 1.47. The molecule has 0 aromatic heterocycles. The molecule has 8 nitrogen and oxygen atoms in total. The molecule has 0 radical (unpaired) electrons. The Morgan fingerprint density at radius 2 is 1.29 bits per heavy atom. The summed E-state index contributed by atoms with van der Waals surface area (Å²) in [5.41, 5.74) is 0. The Hall–Kier alpha value is -0.210. The molecule has 0 rings (SSSR count). The molecule has 0 bridgehead atoms. The zero-order valence-corrected chi connectivity index (χ0v) is 17.2. The van der Waals surface area contributed by atoms with E-state index in [1.54, 1.807) is 0 Å². The molecular formula is C14H25CaO8P. The molecular weight excluding hydrogens is 367 g/mol. The molecule has 0 fully saturated rings. The molecule has 2 unspecified atom stereocenters. The van der Waals surface area contributed by atoms with Gasteiger partial charge in [0.1, 0.15) is 0 Å². The Bertz CT molecular complexity index is 410. The fraction of sp³-hybridized carbons (Fsp3) is 0.571. The first kappa shape index (κ1) is 26.0. The summed E-state index contributed by atoms with van der Waals surface area (Å²) in [6, 6.07) is 0. The van der Waals surface area contributed by atoms with Gasteiger partial charge in [0.2, 0.25) is 0 Å². The first-order valence-electron chi connectivity index (χ1n) is 7.51. The second kappa shape index (κ2) is 15.1. The first-order chi connectivity index (χ1) is 11.1. The van der Waals surface area contributed by atoms with Crippen molar-refractivity contribution in [3.8, 4) is 0 Å². The van der Waals surface area contributed by atoms with Crippen LogP contribution in [-0.2, 0) is 23.6 Å². The molecule has 0 aromatic carbocycles. The number of hydrogen-bond acceptors (Lipinski definition) is 5. The summed E-state index contributed by atoms with van der Waals surface area (Å²) < 4.78 is 19.4. The van der Waals surface area contributed by atoms with Crippen LogP contribution in [0.15, 0.2) is 25.3 Å². The second-order valence-corrected chi connectivity index (χ2v) is 9.46. The molecule has 10 heteroatoms. The molecule has 136 valence electrons. The van der Waals surface area contributed by atoms with Crippen LogP contribution in [0.1, 0.15) is 39.5 Å². The van der Waals surface area contributed by atoms with E-state index in [0.717, 1.165) is 25.7 Å². The summed E-state index contributed by atoms with van der Waals surface area (Å²) in [6.07, 6.45) is 5.88. The Morgan fingerprint density at radius 1 is 1.00 bits per heavy atom. The standard InChI is InChI=1S/2C7H11O2.Ca.H3O4P/c2*1-3-5-6-9-7(8)4-2;;1-5(2,3)4/h2*4,6H,2-3,5H2,1H3;;(H3,1,2,3,4). The van der Waals surface area contributed by atoms with E-state index in [1.165, 1.54) is 12.2 Å². The fourth-order valence-electron chi connectivity index (χ4n) is 1.81. The van der Waals surface area contributed by atoms with E-state index >= 15 is 0 Å². The van der Waals surface area contributed by atoms with E-state index in [9.17, 15) is 9.59 Å². The monoisotopic (exact) mass is 392 g/mol. The number of ether oxygens (including phenoxy) is 2. The molecule has 3 N–H and O–H groups in total. The van der Waals surface area contributed by atoms with Gasteiger partial charge in [-0.2, -0.15) is 0 Å². The number of carbonyl (C=O) groups excluding carboxylic acids is 2. The van der Waals surface area contributed by atoms with E-state index < -0.39 is 53.6 Å². The van der Waals surface area contributed by atoms with E-state index in [2.05, 4.69) is 13.2 Å². The summed E-state index contributed by atoms with van der Waals surface area (Å²) >= 11 is -1.35.